The van der Waals surface area contributed by atoms with Crippen molar-refractivity contribution in [3.8, 4) is 0 Å². The molecular weight excluding hydrogens is 614 g/mol. The Morgan fingerprint density at radius 2 is 1.07 bits per heavy atom. The van der Waals surface area contributed by atoms with Crippen molar-refractivity contribution in [2.75, 3.05) is 50.1 Å². The van der Waals surface area contributed by atoms with Crippen molar-refractivity contribution in [2.24, 2.45) is 11.5 Å². The van der Waals surface area contributed by atoms with E-state index in [2.05, 4.69) is 39.3 Å². The zero-order chi connectivity index (χ0) is 32.9. The molecule has 0 unspecified atom stereocenters. The van der Waals surface area contributed by atoms with Gasteiger partial charge in [-0.05, 0) is 67.6 Å². The molecule has 41 heavy (non-hydrogen) atoms. The van der Waals surface area contributed by atoms with Crippen molar-refractivity contribution in [3.05, 3.63) is 0 Å². The van der Waals surface area contributed by atoms with Crippen LogP contribution in [-0.2, 0) is 14.3 Å². The molecule has 13 nitrogen and oxygen atoms in total. The molecule has 0 spiro atoms. The summed E-state index contributed by atoms with van der Waals surface area (Å²) in [5.41, 5.74) is 10.4. The first kappa shape index (κ1) is 54.2. The molecule has 0 aliphatic heterocycles. The largest absolute Gasteiger partial charge is 0.437 e. The number of nitrogens with two attached hydrogens (primary N) is 2. The highest BCUT2D eigenvalue weighted by molar-refractivity contribution is 7.98. The van der Waals surface area contributed by atoms with Gasteiger partial charge in [0.15, 0.2) is 0 Å². The summed E-state index contributed by atoms with van der Waals surface area (Å²) in [6.45, 7) is 14.4. The lowest BCUT2D eigenvalue weighted by atomic mass is 9.88. The summed E-state index contributed by atoms with van der Waals surface area (Å²) >= 11 is 3.56. The lowest BCUT2D eigenvalue weighted by Gasteiger charge is -2.12. The number of hydrogen-bond donors (Lipinski definition) is 10. The van der Waals surface area contributed by atoms with E-state index in [0.717, 1.165) is 17.8 Å². The minimum absolute atomic E-state index is 0. The molecule has 0 aliphatic carbocycles. The fraction of sp³-hybridized carbons (Fsp3) is 1.00. The van der Waals surface area contributed by atoms with Crippen LogP contribution < -0.4 is 27.2 Å². The topological polar surface area (TPSA) is 233 Å². The van der Waals surface area contributed by atoms with Gasteiger partial charge in [-0.2, -0.15) is 31.9 Å². The summed E-state index contributed by atoms with van der Waals surface area (Å²) < 4.78 is 25.5. The van der Waals surface area contributed by atoms with Crippen LogP contribution in [0.25, 0.3) is 0 Å². The van der Waals surface area contributed by atoms with Gasteiger partial charge < -0.3 is 52.4 Å². The van der Waals surface area contributed by atoms with Gasteiger partial charge >= 0.3 is 21.2 Å². The fourth-order valence-electron chi connectivity index (χ4n) is 2.12. The van der Waals surface area contributed by atoms with Crippen LogP contribution >= 0.6 is 35.9 Å². The number of hydrogen-bond acceptors (Lipinski definition) is 15. The predicted octanol–water partition coefficient (Wildman–Crippen LogP) is -1.000. The first-order valence-electron chi connectivity index (χ1n) is 13.1. The van der Waals surface area contributed by atoms with Gasteiger partial charge in [-0.15, -0.1) is 12.4 Å². The van der Waals surface area contributed by atoms with Gasteiger partial charge in [0.05, 0.1) is 26.1 Å². The average molecular weight is 676 g/mol. The summed E-state index contributed by atoms with van der Waals surface area (Å²) in [6, 6.07) is 0.490. The van der Waals surface area contributed by atoms with E-state index in [4.69, 9.17) is 36.8 Å². The number of thioether (sulfide) groups is 2. The zero-order valence-electron chi connectivity index (χ0n) is 26.9. The molecule has 0 saturated heterocycles. The van der Waals surface area contributed by atoms with E-state index in [-0.39, 0.29) is 57.4 Å². The Kier molecular flexibility index (Phi) is 48.8. The Morgan fingerprint density at radius 1 is 0.732 bits per heavy atom. The highest BCUT2D eigenvalue weighted by atomic mass is 35.5. The SMILES string of the molecule is CB(O)N[C@H](C)CO.CB(O)N[C@H](C)COS(C)(=O)=O.CSC[C@@H](C)N.CSC[C@@H](C)NB(C)O.C[C@@H](N)CO.Cl. The van der Waals surface area contributed by atoms with Gasteiger partial charge in [0.1, 0.15) is 0 Å². The number of halogens is 1. The fourth-order valence-corrected chi connectivity index (χ4v) is 3.70. The molecule has 12 N–H and O–H groups in total. The second-order valence-electron chi connectivity index (χ2n) is 9.45. The van der Waals surface area contributed by atoms with E-state index in [1.165, 1.54) is 0 Å². The maximum Gasteiger partial charge on any atom is 0.373 e. The van der Waals surface area contributed by atoms with E-state index >= 15 is 0 Å². The number of rotatable bonds is 15. The summed E-state index contributed by atoms with van der Waals surface area (Å²) in [5, 5.41) is 51.1. The number of aliphatic hydroxyl groups excluding tert-OH is 2. The number of nitrogens with one attached hydrogen (secondary N) is 3. The van der Waals surface area contributed by atoms with Crippen molar-refractivity contribution in [3.63, 3.8) is 0 Å². The third-order valence-corrected chi connectivity index (χ3v) is 5.77. The molecule has 0 aromatic rings. The van der Waals surface area contributed by atoms with Crippen LogP contribution in [-0.4, -0.2) is 135 Å². The first-order chi connectivity index (χ1) is 18.2. The lowest BCUT2D eigenvalue weighted by Crippen LogP contribution is -2.41. The summed E-state index contributed by atoms with van der Waals surface area (Å²) in [5.74, 6) is 2.12. The number of aliphatic hydroxyl groups is 2. The Labute approximate surface area is 266 Å². The monoisotopic (exact) mass is 675 g/mol. The first-order valence-corrected chi connectivity index (χ1v) is 17.7. The van der Waals surface area contributed by atoms with Gasteiger partial charge in [0.2, 0.25) is 0 Å². The molecule has 0 aliphatic rings. The van der Waals surface area contributed by atoms with Crippen LogP contribution in [0.1, 0.15) is 34.6 Å². The molecule has 0 bridgehead atoms. The van der Waals surface area contributed by atoms with E-state index in [9.17, 15) is 8.42 Å². The molecule has 5 atom stereocenters. The second-order valence-corrected chi connectivity index (χ2v) is 12.9. The normalized spacial score (nSPS) is 13.7. The zero-order valence-corrected chi connectivity index (χ0v) is 30.2. The van der Waals surface area contributed by atoms with Crippen LogP contribution in [0, 0.1) is 0 Å². The highest BCUT2D eigenvalue weighted by Crippen LogP contribution is 1.95. The molecule has 0 aromatic carbocycles. The van der Waals surface area contributed by atoms with Crippen molar-refractivity contribution in [2.45, 2.75) is 85.3 Å². The second kappa shape index (κ2) is 36.9. The maximum absolute atomic E-state index is 10.5. The predicted molar refractivity (Wildman–Crippen MR) is 186 cm³/mol. The molecular formula is C21H61B3ClN5O8S3. The lowest BCUT2D eigenvalue weighted by molar-refractivity contribution is 0.262. The molecule has 0 heterocycles. The Balaban J connectivity index is -0.0000000958. The van der Waals surface area contributed by atoms with Crippen LogP contribution in [0.4, 0.5) is 0 Å². The minimum Gasteiger partial charge on any atom is -0.437 e. The molecule has 0 fully saturated rings. The smallest absolute Gasteiger partial charge is 0.373 e. The summed E-state index contributed by atoms with van der Waals surface area (Å²) in [4.78, 5) is 0. The standard InChI is InChI=1S/C5H14BNO4S.C5H14BNOS.C4H12BNO2.C4H11NS.C3H9NO.ClH/c1-5(7-6(2)8)4-11-12(3,9)10;1-5(4-9-3)7-6(2)8;1-4(3-7)6-5(2)8;1-4(5)3-6-2;1-3(4)2-5;/h5,7-8H,4H2,1-3H3;5,7-8H,4H2,1-3H3;4,6-8H,3H2,1-2H3;4H,3,5H2,1-2H3;3,5H,2,4H2,1H3;1H/t2*5-;2*4-;3-;/m11111./s1. The van der Waals surface area contributed by atoms with Gasteiger partial charge in [0.25, 0.3) is 10.1 Å². The van der Waals surface area contributed by atoms with E-state index in [1.807, 2.05) is 6.92 Å². The Bertz CT molecular complexity index is 611. The van der Waals surface area contributed by atoms with E-state index in [0.29, 0.717) is 12.1 Å². The minimum atomic E-state index is -3.38. The van der Waals surface area contributed by atoms with Gasteiger partial charge in [0, 0.05) is 41.7 Å². The molecule has 0 radical (unpaired) electrons. The van der Waals surface area contributed by atoms with Crippen LogP contribution in [0.3, 0.4) is 0 Å². The van der Waals surface area contributed by atoms with E-state index in [1.54, 1.807) is 64.8 Å². The van der Waals surface area contributed by atoms with Gasteiger partial charge in [-0.25, -0.2) is 0 Å². The Morgan fingerprint density at radius 3 is 1.27 bits per heavy atom. The quantitative estimate of drug-likeness (QED) is 0.0741. The van der Waals surface area contributed by atoms with Crippen molar-refractivity contribution in [1.29, 1.82) is 0 Å². The molecule has 0 amide bonds. The van der Waals surface area contributed by atoms with E-state index < -0.39 is 24.2 Å². The molecule has 252 valence electrons. The summed E-state index contributed by atoms with van der Waals surface area (Å²) in [6.07, 6.45) is 5.10. The van der Waals surface area contributed by atoms with Crippen LogP contribution in [0.5, 0.6) is 0 Å². The third-order valence-electron chi connectivity index (χ3n) is 3.52. The molecule has 0 aromatic heterocycles. The van der Waals surface area contributed by atoms with Crippen LogP contribution in [0.2, 0.25) is 20.5 Å². The van der Waals surface area contributed by atoms with Crippen molar-refractivity contribution < 1.29 is 37.9 Å². The van der Waals surface area contributed by atoms with Gasteiger partial charge in [-0.1, -0.05) is 0 Å². The molecule has 0 saturated carbocycles. The summed E-state index contributed by atoms with van der Waals surface area (Å²) in [7, 11) is -4.95. The molecule has 20 heteroatoms. The van der Waals surface area contributed by atoms with Crippen molar-refractivity contribution >= 4 is 67.2 Å². The molecule has 0 rings (SSSR count). The van der Waals surface area contributed by atoms with Gasteiger partial charge in [-0.3, -0.25) is 4.18 Å². The third kappa shape index (κ3) is 74.0. The highest BCUT2D eigenvalue weighted by Gasteiger charge is 2.11. The Hall–Kier alpha value is 0.695. The van der Waals surface area contributed by atoms with Crippen LogP contribution in [0.15, 0.2) is 0 Å². The average Bonchev–Trinajstić information content (AvgIpc) is 2.77. The van der Waals surface area contributed by atoms with Crippen molar-refractivity contribution in [1.82, 2.24) is 15.7 Å². The maximum atomic E-state index is 10.5.